The van der Waals surface area contributed by atoms with Crippen molar-refractivity contribution in [3.8, 4) is 39.5 Å². The number of phenolic OH excluding ortho intramolecular Hbond substituents is 1. The van der Waals surface area contributed by atoms with Crippen molar-refractivity contribution in [2.75, 3.05) is 39.6 Å². The zero-order chi connectivity index (χ0) is 52.1. The highest BCUT2D eigenvalue weighted by Crippen LogP contribution is 2.38. The molecule has 8 rings (SSSR count). The third-order valence-electron chi connectivity index (χ3n) is 13.1. The lowest BCUT2D eigenvalue weighted by Gasteiger charge is -2.34. The fraction of sp³-hybridized carbons (Fsp3) is 0.309. The van der Waals surface area contributed by atoms with Gasteiger partial charge in [-0.1, -0.05) is 72.8 Å². The third-order valence-corrected chi connectivity index (χ3v) is 18.2. The number of halogens is 1. The molecule has 73 heavy (non-hydrogen) atoms. The zero-order valence-electron chi connectivity index (χ0n) is 40.3. The van der Waals surface area contributed by atoms with Gasteiger partial charge in [-0.3, -0.25) is 20.0 Å². The van der Waals surface area contributed by atoms with Crippen LogP contribution in [0.25, 0.3) is 22.3 Å². The van der Waals surface area contributed by atoms with Crippen LogP contribution in [-0.2, 0) is 51.6 Å². The molecule has 6 aromatic rings. The van der Waals surface area contributed by atoms with Crippen LogP contribution in [0.4, 0.5) is 4.39 Å². The van der Waals surface area contributed by atoms with E-state index >= 15 is 0 Å². The highest BCUT2D eigenvalue weighted by molar-refractivity contribution is 7.94. The van der Waals surface area contributed by atoms with E-state index in [1.165, 1.54) is 47.4 Å². The predicted octanol–water partition coefficient (Wildman–Crippen LogP) is 8.54. The molecule has 0 saturated carbocycles. The van der Waals surface area contributed by atoms with Crippen LogP contribution >= 0.6 is 0 Å². The molecule has 5 N–H and O–H groups in total. The molecule has 0 radical (unpaired) electrons. The Morgan fingerprint density at radius 3 is 1.48 bits per heavy atom. The molecule has 0 aromatic heterocycles. The molecule has 18 heteroatoms. The number of aryl methyl sites for hydroxylation is 3. The molecule has 15 nitrogen and oxygen atoms in total. The Morgan fingerprint density at radius 2 is 1.03 bits per heavy atom. The number of benzene rings is 6. The van der Waals surface area contributed by atoms with Gasteiger partial charge in [0, 0.05) is 32.0 Å². The summed E-state index contributed by atoms with van der Waals surface area (Å²) >= 11 is 0. The van der Waals surface area contributed by atoms with Crippen LogP contribution in [0, 0.1) is 12.7 Å². The Hall–Kier alpha value is -6.67. The zero-order valence-corrected chi connectivity index (χ0v) is 41.9. The molecule has 2 aliphatic rings. The van der Waals surface area contributed by atoms with E-state index in [-0.39, 0.29) is 73.5 Å². The molecule has 386 valence electrons. The van der Waals surface area contributed by atoms with E-state index < -0.39 is 41.0 Å². The normalized spacial score (nSPS) is 15.2. The van der Waals surface area contributed by atoms with E-state index in [9.17, 15) is 35.9 Å². The largest absolute Gasteiger partial charge is 0.507 e. The molecule has 2 heterocycles. The monoisotopic (exact) mass is 1040 g/mol. The minimum absolute atomic E-state index is 0.0127. The average Bonchev–Trinajstić information content (AvgIpc) is 3.41. The molecular weight excluding hydrogens is 980 g/mol. The summed E-state index contributed by atoms with van der Waals surface area (Å²) in [6.07, 6.45) is 2.84. The van der Waals surface area contributed by atoms with Gasteiger partial charge in [0.15, 0.2) is 29.2 Å². The Labute approximate surface area is 424 Å². The lowest BCUT2D eigenvalue weighted by atomic mass is 9.98. The number of aromatic hydroxyl groups is 1. The number of hydrogen-bond acceptors (Lipinski definition) is 13. The van der Waals surface area contributed by atoms with Crippen molar-refractivity contribution in [3.05, 3.63) is 162 Å². The molecule has 6 aromatic carbocycles. The minimum Gasteiger partial charge on any atom is -0.507 e. The van der Waals surface area contributed by atoms with Crippen LogP contribution in [0.1, 0.15) is 55.2 Å². The van der Waals surface area contributed by atoms with Gasteiger partial charge in [0.2, 0.25) is 0 Å². The standard InChI is InChI=1S/C28H30FNO6S.C27H29NO7S/c1-20-16-23(19-24(29)17-20)22-6-2-4-21(18-22)5-3-13-36-25-7-9-26(10-8-25)37(33,34)28(27(31)30-32)11-14-35-15-12-28;29-25-9-2-1-8-24(25)21-7-3-5-20(19-21)6-4-16-35-22-10-12-23(13-11-22)36(32,33)27(26(30)28-31)14-17-34-18-15-27/h2,4,6-10,16-19,32H,3,5,11-15H2,1H3,(H,30,31);1-3,5,7-13,19,29,31H,4,6,14-18H2,(H,28,30). The third kappa shape index (κ3) is 12.6. The highest BCUT2D eigenvalue weighted by Gasteiger charge is 2.53. The van der Waals surface area contributed by atoms with Gasteiger partial charge in [0.25, 0.3) is 11.8 Å². The minimum atomic E-state index is -4.08. The maximum absolute atomic E-state index is 13.8. The summed E-state index contributed by atoms with van der Waals surface area (Å²) in [6, 6.07) is 40.1. The average molecular weight is 1040 g/mol. The topological polar surface area (TPSA) is 224 Å². The molecule has 0 unspecified atom stereocenters. The van der Waals surface area contributed by atoms with Crippen LogP contribution < -0.4 is 20.4 Å². The Kier molecular flexibility index (Phi) is 18.1. The summed E-state index contributed by atoms with van der Waals surface area (Å²) in [4.78, 5) is 24.7. The number of ether oxygens (including phenoxy) is 4. The summed E-state index contributed by atoms with van der Waals surface area (Å²) in [5, 5.41) is 28.4. The SMILES string of the molecule is Cc1cc(F)cc(-c2cccc(CCCOc3ccc(S(=O)(=O)C4(C(=O)NO)CCOCC4)cc3)c2)c1.O=C(NO)C1(S(=O)(=O)c2ccc(OCCCc3cccc(-c4ccccc4O)c3)cc2)CCOCC1. The van der Waals surface area contributed by atoms with Crippen LogP contribution in [0.3, 0.4) is 0 Å². The van der Waals surface area contributed by atoms with Crippen molar-refractivity contribution >= 4 is 31.5 Å². The van der Waals surface area contributed by atoms with Crippen molar-refractivity contribution in [1.82, 2.24) is 11.0 Å². The van der Waals surface area contributed by atoms with Gasteiger partial charge in [0.1, 0.15) is 23.1 Å². The number of hydrogen-bond donors (Lipinski definition) is 5. The smallest absolute Gasteiger partial charge is 0.265 e. The van der Waals surface area contributed by atoms with Crippen LogP contribution in [-0.4, -0.2) is 93.3 Å². The first-order chi connectivity index (χ1) is 35.1. The number of amides is 2. The quantitative estimate of drug-likeness (QED) is 0.0310. The Bertz CT molecular complexity index is 3050. The number of carbonyl (C=O) groups is 2. The number of phenols is 1. The molecule has 0 bridgehead atoms. The first-order valence-corrected chi connectivity index (χ1v) is 26.8. The van der Waals surface area contributed by atoms with E-state index in [2.05, 4.69) is 0 Å². The van der Waals surface area contributed by atoms with Crippen molar-refractivity contribution < 1.29 is 65.3 Å². The lowest BCUT2D eigenvalue weighted by molar-refractivity contribution is -0.135. The van der Waals surface area contributed by atoms with E-state index in [0.717, 1.165) is 64.6 Å². The molecule has 2 saturated heterocycles. The van der Waals surface area contributed by atoms with Gasteiger partial charge in [-0.2, -0.15) is 0 Å². The van der Waals surface area contributed by atoms with Gasteiger partial charge in [0.05, 0.1) is 23.0 Å². The van der Waals surface area contributed by atoms with E-state index in [4.69, 9.17) is 29.4 Å². The molecule has 0 atom stereocenters. The van der Waals surface area contributed by atoms with Gasteiger partial charge in [-0.25, -0.2) is 32.2 Å². The molecule has 2 aliphatic heterocycles. The summed E-state index contributed by atoms with van der Waals surface area (Å²) in [6.45, 7) is 3.17. The number of rotatable bonds is 18. The summed E-state index contributed by atoms with van der Waals surface area (Å²) in [5.41, 5.74) is 9.63. The maximum atomic E-state index is 13.8. The molecular formula is C55H59FN2O13S2. The number of hydroxylamine groups is 2. The molecule has 2 fully saturated rings. The fourth-order valence-electron chi connectivity index (χ4n) is 9.08. The lowest BCUT2D eigenvalue weighted by Crippen LogP contribution is -2.54. The second kappa shape index (κ2) is 24.4. The van der Waals surface area contributed by atoms with Crippen molar-refractivity contribution in [2.24, 2.45) is 0 Å². The first-order valence-electron chi connectivity index (χ1n) is 23.9. The van der Waals surface area contributed by atoms with Crippen LogP contribution in [0.5, 0.6) is 17.2 Å². The second-order valence-corrected chi connectivity index (χ2v) is 22.4. The molecule has 2 amide bonds. The van der Waals surface area contributed by atoms with Gasteiger partial charge in [-0.15, -0.1) is 0 Å². The number of para-hydroxylation sites is 1. The van der Waals surface area contributed by atoms with Gasteiger partial charge in [-0.05, 0) is 158 Å². The molecule has 0 spiro atoms. The van der Waals surface area contributed by atoms with E-state index in [1.54, 1.807) is 36.4 Å². The second-order valence-electron chi connectivity index (χ2n) is 17.9. The summed E-state index contributed by atoms with van der Waals surface area (Å²) in [5.74, 6) is -0.888. The van der Waals surface area contributed by atoms with Crippen molar-refractivity contribution in [3.63, 3.8) is 0 Å². The maximum Gasteiger partial charge on any atom is 0.265 e. The highest BCUT2D eigenvalue weighted by atomic mass is 32.2. The molecule has 0 aliphatic carbocycles. The van der Waals surface area contributed by atoms with Crippen molar-refractivity contribution in [1.29, 1.82) is 0 Å². The first kappa shape index (κ1) is 54.1. The fourth-order valence-corrected chi connectivity index (χ4v) is 13.0. The van der Waals surface area contributed by atoms with E-state index in [1.807, 2.05) is 73.7 Å². The summed E-state index contributed by atoms with van der Waals surface area (Å²) in [7, 11) is -8.15. The number of carbonyl (C=O) groups excluding carboxylic acids is 2. The van der Waals surface area contributed by atoms with Crippen LogP contribution in [0.15, 0.2) is 149 Å². The Morgan fingerprint density at radius 1 is 0.575 bits per heavy atom. The van der Waals surface area contributed by atoms with Crippen molar-refractivity contribution in [2.45, 2.75) is 77.6 Å². The predicted molar refractivity (Wildman–Crippen MR) is 270 cm³/mol. The van der Waals surface area contributed by atoms with Gasteiger partial charge >= 0.3 is 0 Å². The van der Waals surface area contributed by atoms with Gasteiger partial charge < -0.3 is 24.1 Å². The van der Waals surface area contributed by atoms with Crippen LogP contribution in [0.2, 0.25) is 0 Å². The summed E-state index contributed by atoms with van der Waals surface area (Å²) < 4.78 is 85.6. The number of sulfone groups is 2. The van der Waals surface area contributed by atoms with E-state index in [0.29, 0.717) is 24.7 Å². The number of nitrogens with one attached hydrogen (secondary N) is 2. The Balaban J connectivity index is 0.000000214.